The summed E-state index contributed by atoms with van der Waals surface area (Å²) in [5.41, 5.74) is 0. The van der Waals surface area contributed by atoms with Gasteiger partial charge in [0.15, 0.2) is 0 Å². The lowest BCUT2D eigenvalue weighted by Crippen LogP contribution is -2.53. The van der Waals surface area contributed by atoms with Gasteiger partial charge in [-0.3, -0.25) is 0 Å². The second kappa shape index (κ2) is 3.00. The molecule has 1 heterocycles. The second-order valence-electron chi connectivity index (χ2n) is 3.98. The van der Waals surface area contributed by atoms with E-state index in [0.717, 1.165) is 5.82 Å². The zero-order valence-corrected chi connectivity index (χ0v) is 8.83. The molecule has 2 heteroatoms. The Bertz CT molecular complexity index is 170. The fraction of sp³-hybridized carbons (Fsp3) is 0.800. The van der Waals surface area contributed by atoms with Crippen molar-refractivity contribution in [2.45, 2.75) is 32.9 Å². The summed E-state index contributed by atoms with van der Waals surface area (Å²) in [6.07, 6.45) is 0. The Hall–Kier alpha value is -0.660. The summed E-state index contributed by atoms with van der Waals surface area (Å²) in [6, 6.07) is 1.20. The van der Waals surface area contributed by atoms with E-state index in [-0.39, 0.29) is 0 Å². The highest BCUT2D eigenvalue weighted by molar-refractivity contribution is 5.02. The van der Waals surface area contributed by atoms with Crippen LogP contribution in [0.15, 0.2) is 12.4 Å². The number of hydrogen-bond donors (Lipinski definition) is 0. The monoisotopic (exact) mass is 168 g/mol. The molecular formula is C10H20N2. The predicted molar refractivity (Wildman–Crippen MR) is 52.8 cm³/mol. The van der Waals surface area contributed by atoms with Crippen LogP contribution in [0.4, 0.5) is 0 Å². The van der Waals surface area contributed by atoms with Gasteiger partial charge in [0.2, 0.25) is 0 Å². The first kappa shape index (κ1) is 9.43. The maximum Gasteiger partial charge on any atom is 0.0964 e. The van der Waals surface area contributed by atoms with Crippen LogP contribution >= 0.6 is 0 Å². The van der Waals surface area contributed by atoms with Gasteiger partial charge in [0, 0.05) is 26.2 Å². The lowest BCUT2D eigenvalue weighted by molar-refractivity contribution is 0.0608. The van der Waals surface area contributed by atoms with Gasteiger partial charge >= 0.3 is 0 Å². The molecule has 1 aliphatic heterocycles. The molecular weight excluding hydrogens is 148 g/mol. The smallest absolute Gasteiger partial charge is 0.0964 e. The minimum Gasteiger partial charge on any atom is -0.359 e. The van der Waals surface area contributed by atoms with Crippen molar-refractivity contribution in [3.8, 4) is 0 Å². The van der Waals surface area contributed by atoms with Crippen molar-refractivity contribution in [2.75, 3.05) is 14.1 Å². The molecule has 0 aromatic carbocycles. The van der Waals surface area contributed by atoms with E-state index >= 15 is 0 Å². The van der Waals surface area contributed by atoms with Gasteiger partial charge in [-0.05, 0) is 19.8 Å². The summed E-state index contributed by atoms with van der Waals surface area (Å²) in [7, 11) is 4.23. The van der Waals surface area contributed by atoms with Crippen LogP contribution in [0.3, 0.4) is 0 Å². The van der Waals surface area contributed by atoms with Gasteiger partial charge in [-0.1, -0.05) is 13.5 Å². The first-order valence-corrected chi connectivity index (χ1v) is 4.61. The molecule has 2 atom stereocenters. The minimum atomic E-state index is 0.601. The molecule has 2 unspecified atom stereocenters. The summed E-state index contributed by atoms with van der Waals surface area (Å²) in [4.78, 5) is 4.51. The molecule has 0 aromatic rings. The normalized spacial score (nSPS) is 37.4. The van der Waals surface area contributed by atoms with E-state index in [2.05, 4.69) is 51.2 Å². The van der Waals surface area contributed by atoms with Crippen molar-refractivity contribution in [2.24, 2.45) is 5.92 Å². The van der Waals surface area contributed by atoms with E-state index in [4.69, 9.17) is 0 Å². The maximum absolute atomic E-state index is 4.06. The quantitative estimate of drug-likeness (QED) is 0.543. The van der Waals surface area contributed by atoms with E-state index in [1.165, 1.54) is 0 Å². The highest BCUT2D eigenvalue weighted by Gasteiger charge is 2.32. The molecule has 0 bridgehead atoms. The Kier molecular flexibility index (Phi) is 2.36. The molecule has 2 nitrogen and oxygen atoms in total. The average Bonchev–Trinajstić information content (AvgIpc) is 2.08. The highest BCUT2D eigenvalue weighted by atomic mass is 15.4. The van der Waals surface area contributed by atoms with Crippen LogP contribution in [0.25, 0.3) is 0 Å². The number of rotatable bonds is 0. The zero-order valence-electron chi connectivity index (χ0n) is 8.83. The van der Waals surface area contributed by atoms with Crippen LogP contribution in [-0.2, 0) is 0 Å². The molecule has 0 N–H and O–H groups in total. The van der Waals surface area contributed by atoms with Crippen molar-refractivity contribution in [1.29, 1.82) is 0 Å². The fourth-order valence-corrected chi connectivity index (χ4v) is 1.83. The van der Waals surface area contributed by atoms with Crippen LogP contribution in [0.2, 0.25) is 0 Å². The molecule has 0 saturated carbocycles. The SMILES string of the molecule is C=C1N(C)C(C)C(C)C(C)N1C. The van der Waals surface area contributed by atoms with Crippen LogP contribution in [0.1, 0.15) is 20.8 Å². The largest absolute Gasteiger partial charge is 0.359 e. The van der Waals surface area contributed by atoms with Crippen molar-refractivity contribution in [3.63, 3.8) is 0 Å². The highest BCUT2D eigenvalue weighted by Crippen LogP contribution is 2.28. The Morgan fingerprint density at radius 1 is 1.00 bits per heavy atom. The molecule has 1 saturated heterocycles. The average molecular weight is 168 g/mol. The van der Waals surface area contributed by atoms with Crippen molar-refractivity contribution in [3.05, 3.63) is 12.4 Å². The summed E-state index contributed by atoms with van der Waals surface area (Å²) >= 11 is 0. The van der Waals surface area contributed by atoms with E-state index in [9.17, 15) is 0 Å². The van der Waals surface area contributed by atoms with Crippen LogP contribution < -0.4 is 0 Å². The van der Waals surface area contributed by atoms with Crippen molar-refractivity contribution >= 4 is 0 Å². The summed E-state index contributed by atoms with van der Waals surface area (Å²) in [5, 5.41) is 0. The van der Waals surface area contributed by atoms with Crippen molar-refractivity contribution in [1.82, 2.24) is 9.80 Å². The van der Waals surface area contributed by atoms with Gasteiger partial charge in [0.05, 0.1) is 5.82 Å². The molecule has 12 heavy (non-hydrogen) atoms. The minimum absolute atomic E-state index is 0.601. The lowest BCUT2D eigenvalue weighted by atomic mass is 9.91. The maximum atomic E-state index is 4.06. The van der Waals surface area contributed by atoms with E-state index in [1.54, 1.807) is 0 Å². The van der Waals surface area contributed by atoms with Crippen LogP contribution in [0.5, 0.6) is 0 Å². The predicted octanol–water partition coefficient (Wildman–Crippen LogP) is 1.75. The third-order valence-electron chi connectivity index (χ3n) is 3.56. The first-order valence-electron chi connectivity index (χ1n) is 4.61. The van der Waals surface area contributed by atoms with Crippen molar-refractivity contribution < 1.29 is 0 Å². The van der Waals surface area contributed by atoms with Gasteiger partial charge in [-0.15, -0.1) is 0 Å². The number of nitrogens with zero attached hydrogens (tertiary/aromatic N) is 2. The van der Waals surface area contributed by atoms with E-state index in [0.29, 0.717) is 18.0 Å². The number of hydrogen-bond acceptors (Lipinski definition) is 2. The van der Waals surface area contributed by atoms with Gasteiger partial charge in [0.25, 0.3) is 0 Å². The summed E-state index contributed by atoms with van der Waals surface area (Å²) in [6.45, 7) is 10.9. The van der Waals surface area contributed by atoms with Gasteiger partial charge in [-0.25, -0.2) is 0 Å². The third-order valence-corrected chi connectivity index (χ3v) is 3.56. The summed E-state index contributed by atoms with van der Waals surface area (Å²) < 4.78 is 0. The molecule has 0 spiro atoms. The Balaban J connectivity index is 2.83. The molecule has 1 fully saturated rings. The molecule has 0 radical (unpaired) electrons. The third kappa shape index (κ3) is 1.19. The molecule has 1 aliphatic rings. The Morgan fingerprint density at radius 3 is 1.67 bits per heavy atom. The Labute approximate surface area is 75.8 Å². The fourth-order valence-electron chi connectivity index (χ4n) is 1.83. The Morgan fingerprint density at radius 2 is 1.33 bits per heavy atom. The zero-order chi connectivity index (χ0) is 9.46. The van der Waals surface area contributed by atoms with Crippen LogP contribution in [0, 0.1) is 5.92 Å². The van der Waals surface area contributed by atoms with Gasteiger partial charge in [-0.2, -0.15) is 0 Å². The van der Waals surface area contributed by atoms with E-state index in [1.807, 2.05) is 0 Å². The molecule has 0 aromatic heterocycles. The van der Waals surface area contributed by atoms with Gasteiger partial charge < -0.3 is 9.80 Å². The molecule has 0 amide bonds. The molecule has 1 rings (SSSR count). The lowest BCUT2D eigenvalue weighted by Gasteiger charge is -2.48. The molecule has 0 aliphatic carbocycles. The standard InChI is InChI=1S/C10H20N2/c1-7-8(2)11(5)10(4)12(6)9(7)3/h7-9H,4H2,1-3,5-6H3. The summed E-state index contributed by atoms with van der Waals surface area (Å²) in [5.74, 6) is 1.83. The van der Waals surface area contributed by atoms with Crippen LogP contribution in [-0.4, -0.2) is 36.0 Å². The van der Waals surface area contributed by atoms with Gasteiger partial charge in [0.1, 0.15) is 0 Å². The topological polar surface area (TPSA) is 6.48 Å². The second-order valence-corrected chi connectivity index (χ2v) is 3.98. The first-order chi connectivity index (χ1) is 5.46. The molecule has 70 valence electrons. The van der Waals surface area contributed by atoms with E-state index < -0.39 is 0 Å².